The van der Waals surface area contributed by atoms with Crippen LogP contribution in [-0.2, 0) is 9.53 Å². The Bertz CT molecular complexity index is 849. The lowest BCUT2D eigenvalue weighted by molar-refractivity contribution is -0.114. The molecule has 0 atom stereocenters. The molecule has 0 aliphatic carbocycles. The van der Waals surface area contributed by atoms with Crippen molar-refractivity contribution in [3.05, 3.63) is 41.0 Å². The first-order valence-electron chi connectivity index (χ1n) is 7.51. The van der Waals surface area contributed by atoms with Gasteiger partial charge in [0.1, 0.15) is 10.7 Å². The quantitative estimate of drug-likeness (QED) is 0.734. The van der Waals surface area contributed by atoms with E-state index < -0.39 is 17.9 Å². The molecule has 0 saturated heterocycles. The molecule has 0 saturated carbocycles. The molecule has 10 heteroatoms. The van der Waals surface area contributed by atoms with Gasteiger partial charge in [-0.2, -0.15) is 0 Å². The number of carbonyl (C=O) groups is 4. The minimum atomic E-state index is -0.870. The van der Waals surface area contributed by atoms with Crippen molar-refractivity contribution in [3.63, 3.8) is 0 Å². The van der Waals surface area contributed by atoms with Crippen LogP contribution in [0.2, 0.25) is 0 Å². The van der Waals surface area contributed by atoms with Crippen molar-refractivity contribution in [2.24, 2.45) is 0 Å². The van der Waals surface area contributed by atoms with Crippen LogP contribution < -0.4 is 16.0 Å². The number of imide groups is 1. The first kappa shape index (κ1) is 19.1. The van der Waals surface area contributed by atoms with Gasteiger partial charge in [-0.3, -0.25) is 24.7 Å². The van der Waals surface area contributed by atoms with E-state index in [0.29, 0.717) is 5.69 Å². The van der Waals surface area contributed by atoms with E-state index in [1.165, 1.54) is 25.3 Å². The number of aromatic nitrogens is 1. The Labute approximate surface area is 152 Å². The fraction of sp³-hybridized carbons (Fsp3) is 0.188. The van der Waals surface area contributed by atoms with Gasteiger partial charge in [0, 0.05) is 18.8 Å². The van der Waals surface area contributed by atoms with Crippen LogP contribution >= 0.6 is 11.3 Å². The summed E-state index contributed by atoms with van der Waals surface area (Å²) in [6.45, 7) is 3.09. The third-order valence-corrected chi connectivity index (χ3v) is 3.77. The zero-order valence-electron chi connectivity index (χ0n) is 14.0. The number of pyridine rings is 1. The third-order valence-electron chi connectivity index (χ3n) is 2.94. The second-order valence-corrected chi connectivity index (χ2v) is 5.82. The Hall–Kier alpha value is -3.27. The molecule has 2 aromatic heterocycles. The number of ether oxygens (including phenoxy) is 1. The first-order chi connectivity index (χ1) is 12.4. The van der Waals surface area contributed by atoms with E-state index in [1.54, 1.807) is 18.4 Å². The number of nitrogens with one attached hydrogen (secondary N) is 3. The largest absolute Gasteiger partial charge is 0.450 e. The predicted octanol–water partition coefficient (Wildman–Crippen LogP) is 2.24. The van der Waals surface area contributed by atoms with Crippen molar-refractivity contribution in [3.8, 4) is 0 Å². The Balaban J connectivity index is 2.11. The molecule has 0 aliphatic heterocycles. The van der Waals surface area contributed by atoms with Crippen molar-refractivity contribution in [2.75, 3.05) is 17.2 Å². The molecule has 2 aromatic rings. The number of hydrogen-bond acceptors (Lipinski definition) is 7. The van der Waals surface area contributed by atoms with Crippen LogP contribution in [0, 0.1) is 0 Å². The number of alkyl carbamates (subject to hydrolysis) is 1. The van der Waals surface area contributed by atoms with Gasteiger partial charge in [-0.25, -0.2) is 4.79 Å². The molecular weight excluding hydrogens is 360 g/mol. The van der Waals surface area contributed by atoms with E-state index in [2.05, 4.69) is 25.7 Å². The van der Waals surface area contributed by atoms with Gasteiger partial charge < -0.3 is 15.4 Å². The van der Waals surface area contributed by atoms with E-state index >= 15 is 0 Å². The van der Waals surface area contributed by atoms with Crippen molar-refractivity contribution < 1.29 is 23.9 Å². The highest BCUT2D eigenvalue weighted by molar-refractivity contribution is 7.14. The number of nitrogens with zero attached hydrogens (tertiary/aromatic N) is 1. The molecule has 0 radical (unpaired) electrons. The molecule has 2 rings (SSSR count). The fourth-order valence-corrected chi connectivity index (χ4v) is 2.69. The average molecular weight is 376 g/mol. The molecule has 0 aliphatic rings. The monoisotopic (exact) mass is 376 g/mol. The standard InChI is InChI=1S/C16H16N4O5S/c1-3-25-16(24)20-13(22)11-5-7-26-15(11)19-14(23)12-8-10(4-6-17-12)18-9(2)21/h4-8H,3H2,1-2H3,(H,19,23)(H,17,18,21)(H,20,22,24). The van der Waals surface area contributed by atoms with Crippen LogP contribution in [0.3, 0.4) is 0 Å². The zero-order chi connectivity index (χ0) is 19.1. The van der Waals surface area contributed by atoms with Crippen LogP contribution in [0.5, 0.6) is 0 Å². The maximum absolute atomic E-state index is 12.3. The second-order valence-electron chi connectivity index (χ2n) is 4.90. The molecule has 0 unspecified atom stereocenters. The lowest BCUT2D eigenvalue weighted by atomic mass is 10.2. The lowest BCUT2D eigenvalue weighted by Gasteiger charge is -2.08. The molecule has 3 N–H and O–H groups in total. The number of hydrogen-bond donors (Lipinski definition) is 3. The van der Waals surface area contributed by atoms with Crippen LogP contribution in [0.1, 0.15) is 34.7 Å². The summed E-state index contributed by atoms with van der Waals surface area (Å²) >= 11 is 1.11. The van der Waals surface area contributed by atoms with Gasteiger partial charge in [-0.05, 0) is 30.5 Å². The lowest BCUT2D eigenvalue weighted by Crippen LogP contribution is -2.31. The molecule has 0 aromatic carbocycles. The molecule has 26 heavy (non-hydrogen) atoms. The summed E-state index contributed by atoms with van der Waals surface area (Å²) in [6, 6.07) is 4.42. The number of anilines is 2. The highest BCUT2D eigenvalue weighted by atomic mass is 32.1. The van der Waals surface area contributed by atoms with Crippen LogP contribution in [0.4, 0.5) is 15.5 Å². The van der Waals surface area contributed by atoms with Crippen LogP contribution in [0.25, 0.3) is 0 Å². The summed E-state index contributed by atoms with van der Waals surface area (Å²) in [4.78, 5) is 50.8. The molecule has 4 amide bonds. The van der Waals surface area contributed by atoms with Crippen LogP contribution in [0.15, 0.2) is 29.8 Å². The zero-order valence-corrected chi connectivity index (χ0v) is 14.8. The normalized spacial score (nSPS) is 9.92. The van der Waals surface area contributed by atoms with E-state index in [-0.39, 0.29) is 28.8 Å². The Morgan fingerprint density at radius 1 is 1.15 bits per heavy atom. The summed E-state index contributed by atoms with van der Waals surface area (Å²) in [5.74, 6) is -1.54. The average Bonchev–Trinajstić information content (AvgIpc) is 3.03. The first-order valence-corrected chi connectivity index (χ1v) is 8.39. The van der Waals surface area contributed by atoms with Gasteiger partial charge in [0.05, 0.1) is 12.2 Å². The smallest absolute Gasteiger partial charge is 0.414 e. The summed E-state index contributed by atoms with van der Waals surface area (Å²) in [7, 11) is 0. The molecule has 2 heterocycles. The molecule has 0 fully saturated rings. The van der Waals surface area contributed by atoms with Crippen molar-refractivity contribution in [1.82, 2.24) is 10.3 Å². The molecule has 9 nitrogen and oxygen atoms in total. The van der Waals surface area contributed by atoms with E-state index in [1.807, 2.05) is 0 Å². The van der Waals surface area contributed by atoms with Crippen molar-refractivity contribution in [2.45, 2.75) is 13.8 Å². The van der Waals surface area contributed by atoms with Crippen molar-refractivity contribution >= 4 is 45.8 Å². The highest BCUT2D eigenvalue weighted by Crippen LogP contribution is 2.24. The number of rotatable bonds is 5. The molecule has 136 valence electrons. The minimum absolute atomic E-state index is 0.0569. The predicted molar refractivity (Wildman–Crippen MR) is 95.3 cm³/mol. The summed E-state index contributed by atoms with van der Waals surface area (Å²) in [5.41, 5.74) is 0.597. The Morgan fingerprint density at radius 2 is 1.92 bits per heavy atom. The SMILES string of the molecule is CCOC(=O)NC(=O)c1ccsc1NC(=O)c1cc(NC(C)=O)ccn1. The number of amides is 4. The van der Waals surface area contributed by atoms with E-state index in [9.17, 15) is 19.2 Å². The molecular formula is C16H16N4O5S. The Kier molecular flexibility index (Phi) is 6.39. The van der Waals surface area contributed by atoms with E-state index in [4.69, 9.17) is 0 Å². The third kappa shape index (κ3) is 5.11. The number of thiophene rings is 1. The maximum Gasteiger partial charge on any atom is 0.414 e. The fourth-order valence-electron chi connectivity index (χ4n) is 1.91. The summed E-state index contributed by atoms with van der Waals surface area (Å²) in [6.07, 6.45) is 0.508. The van der Waals surface area contributed by atoms with Crippen LogP contribution in [-0.4, -0.2) is 35.4 Å². The van der Waals surface area contributed by atoms with Gasteiger partial charge in [0.2, 0.25) is 5.91 Å². The summed E-state index contributed by atoms with van der Waals surface area (Å²) in [5, 5.41) is 9.02. The van der Waals surface area contributed by atoms with Gasteiger partial charge in [0.15, 0.2) is 0 Å². The summed E-state index contributed by atoms with van der Waals surface area (Å²) < 4.78 is 4.65. The number of carbonyl (C=O) groups excluding carboxylic acids is 4. The second kappa shape index (κ2) is 8.72. The molecule has 0 spiro atoms. The van der Waals surface area contributed by atoms with Gasteiger partial charge in [-0.15, -0.1) is 11.3 Å². The topological polar surface area (TPSA) is 126 Å². The highest BCUT2D eigenvalue weighted by Gasteiger charge is 2.19. The van der Waals surface area contributed by atoms with Crippen molar-refractivity contribution in [1.29, 1.82) is 0 Å². The minimum Gasteiger partial charge on any atom is -0.450 e. The maximum atomic E-state index is 12.3. The van der Waals surface area contributed by atoms with E-state index in [0.717, 1.165) is 11.3 Å². The van der Waals surface area contributed by atoms with Gasteiger partial charge in [0.25, 0.3) is 11.8 Å². The Morgan fingerprint density at radius 3 is 2.62 bits per heavy atom. The molecule has 0 bridgehead atoms. The van der Waals surface area contributed by atoms with Gasteiger partial charge >= 0.3 is 6.09 Å². The van der Waals surface area contributed by atoms with Gasteiger partial charge in [-0.1, -0.05) is 0 Å².